The predicted molar refractivity (Wildman–Crippen MR) is 241 cm³/mol. The first-order chi connectivity index (χ1) is 28.4. The molecule has 288 valence electrons. The summed E-state index contributed by atoms with van der Waals surface area (Å²) in [5, 5.41) is 2.64. The van der Waals surface area contributed by atoms with Gasteiger partial charge in [0.2, 0.25) is 0 Å². The van der Waals surface area contributed by atoms with Crippen molar-refractivity contribution in [1.82, 2.24) is 4.57 Å². The minimum atomic E-state index is -0.148. The molecule has 1 aromatic heterocycles. The van der Waals surface area contributed by atoms with Gasteiger partial charge < -0.3 is 9.47 Å². The zero-order valence-electron chi connectivity index (χ0n) is 34.1. The summed E-state index contributed by atoms with van der Waals surface area (Å²) in [7, 11) is 0. The summed E-state index contributed by atoms with van der Waals surface area (Å²) in [6, 6.07) is 52.0. The number of benzene rings is 6. The van der Waals surface area contributed by atoms with Crippen LogP contribution in [-0.2, 0) is 10.8 Å². The molecule has 3 unspecified atom stereocenters. The van der Waals surface area contributed by atoms with Gasteiger partial charge in [0.05, 0.1) is 11.0 Å². The zero-order chi connectivity index (χ0) is 38.3. The summed E-state index contributed by atoms with van der Waals surface area (Å²) in [6.07, 6.45) is 14.4. The van der Waals surface area contributed by atoms with E-state index in [1.165, 1.54) is 131 Å². The fourth-order valence-corrected chi connectivity index (χ4v) is 14.6. The van der Waals surface area contributed by atoms with Crippen molar-refractivity contribution in [2.75, 3.05) is 4.90 Å². The first-order valence-electron chi connectivity index (χ1n) is 22.7. The van der Waals surface area contributed by atoms with E-state index in [2.05, 4.69) is 157 Å². The van der Waals surface area contributed by atoms with E-state index >= 15 is 0 Å². The number of aromatic nitrogens is 1. The van der Waals surface area contributed by atoms with Crippen LogP contribution < -0.4 is 4.90 Å². The van der Waals surface area contributed by atoms with Crippen molar-refractivity contribution in [3.8, 4) is 16.8 Å². The van der Waals surface area contributed by atoms with Crippen molar-refractivity contribution in [2.24, 2.45) is 29.6 Å². The molecule has 2 heteroatoms. The van der Waals surface area contributed by atoms with E-state index in [0.717, 1.165) is 35.5 Å². The van der Waals surface area contributed by atoms with E-state index in [-0.39, 0.29) is 5.41 Å². The molecule has 6 saturated carbocycles. The molecule has 1 heterocycles. The number of anilines is 3. The molecule has 0 amide bonds. The number of hydrogen-bond donors (Lipinski definition) is 0. The molecule has 0 N–H and O–H groups in total. The summed E-state index contributed by atoms with van der Waals surface area (Å²) in [5.74, 6) is 5.44. The maximum Gasteiger partial charge on any atom is 0.0547 e. The summed E-state index contributed by atoms with van der Waals surface area (Å²) in [4.78, 5) is 2.56. The number of hydrogen-bond acceptors (Lipinski definition) is 1. The van der Waals surface area contributed by atoms with Gasteiger partial charge in [-0.05, 0) is 199 Å². The quantitative estimate of drug-likeness (QED) is 0.164. The molecular weight excluding hydrogens is 701 g/mol. The normalized spacial score (nSPS) is 28.4. The van der Waals surface area contributed by atoms with Gasteiger partial charge in [0.15, 0.2) is 0 Å². The number of rotatable bonds is 6. The molecule has 2 nitrogen and oxygen atoms in total. The first-order valence-corrected chi connectivity index (χ1v) is 22.7. The molecule has 3 atom stereocenters. The smallest absolute Gasteiger partial charge is 0.0547 e. The number of nitrogens with zero attached hydrogens (tertiary/aromatic N) is 2. The van der Waals surface area contributed by atoms with Gasteiger partial charge in [0.25, 0.3) is 0 Å². The molecule has 7 aromatic rings. The topological polar surface area (TPSA) is 8.17 Å². The highest BCUT2D eigenvalue weighted by molar-refractivity contribution is 6.11. The fourth-order valence-electron chi connectivity index (χ4n) is 14.6. The first kappa shape index (κ1) is 33.8. The number of para-hydroxylation sites is 2. The molecule has 7 aliphatic rings. The largest absolute Gasteiger partial charge is 0.310 e. The molecule has 7 aliphatic carbocycles. The average Bonchev–Trinajstić information content (AvgIpc) is 4.01. The lowest BCUT2D eigenvalue weighted by Crippen LogP contribution is -2.48. The minimum Gasteiger partial charge on any atom is -0.310 e. The predicted octanol–water partition coefficient (Wildman–Crippen LogP) is 14.9. The summed E-state index contributed by atoms with van der Waals surface area (Å²) >= 11 is 0. The summed E-state index contributed by atoms with van der Waals surface area (Å²) in [6.45, 7) is 4.89. The molecule has 0 saturated heterocycles. The van der Waals surface area contributed by atoms with E-state index in [4.69, 9.17) is 0 Å². The SMILES string of the molecule is CC1(C)c2cc(N(c3ccc(C4CC5CCC4C5)cc3)c3ccc(C45CC6CC(CC(C6)C4)C5)cc3)ccc2-c2cc3c(cc21)c1ccccc1n3-c1ccccc1. The highest BCUT2D eigenvalue weighted by Gasteiger charge is 2.51. The van der Waals surface area contributed by atoms with Crippen LogP contribution in [0.25, 0.3) is 38.6 Å². The molecule has 58 heavy (non-hydrogen) atoms. The van der Waals surface area contributed by atoms with Crippen LogP contribution in [0.15, 0.2) is 133 Å². The Balaban J connectivity index is 0.927. The van der Waals surface area contributed by atoms with E-state index in [9.17, 15) is 0 Å². The van der Waals surface area contributed by atoms with Crippen molar-refractivity contribution >= 4 is 38.9 Å². The fraction of sp³-hybridized carbons (Fsp3) is 0.357. The van der Waals surface area contributed by atoms with Crippen molar-refractivity contribution in [3.05, 3.63) is 156 Å². The minimum absolute atomic E-state index is 0.148. The van der Waals surface area contributed by atoms with Gasteiger partial charge >= 0.3 is 0 Å². The molecule has 14 rings (SSSR count). The summed E-state index contributed by atoms with van der Waals surface area (Å²) < 4.78 is 2.46. The van der Waals surface area contributed by atoms with Crippen LogP contribution in [0, 0.1) is 29.6 Å². The monoisotopic (exact) mass is 754 g/mol. The van der Waals surface area contributed by atoms with Gasteiger partial charge in [0.1, 0.15) is 0 Å². The molecule has 6 aromatic carbocycles. The Hall–Kier alpha value is -5.08. The van der Waals surface area contributed by atoms with E-state index < -0.39 is 0 Å². The second kappa shape index (κ2) is 12.2. The zero-order valence-corrected chi connectivity index (χ0v) is 34.1. The third-order valence-electron chi connectivity index (χ3n) is 16.8. The molecule has 0 aliphatic heterocycles. The third kappa shape index (κ3) is 4.90. The lowest BCUT2D eigenvalue weighted by Gasteiger charge is -2.57. The van der Waals surface area contributed by atoms with Gasteiger partial charge in [-0.25, -0.2) is 0 Å². The Morgan fingerprint density at radius 1 is 0.517 bits per heavy atom. The highest BCUT2D eigenvalue weighted by Crippen LogP contribution is 2.61. The Bertz CT molecular complexity index is 2710. The molecule has 6 bridgehead atoms. The van der Waals surface area contributed by atoms with Crippen molar-refractivity contribution in [2.45, 2.75) is 94.8 Å². The van der Waals surface area contributed by atoms with Crippen LogP contribution in [0.4, 0.5) is 17.1 Å². The second-order valence-corrected chi connectivity index (χ2v) is 20.4. The van der Waals surface area contributed by atoms with Crippen LogP contribution >= 0.6 is 0 Å². The third-order valence-corrected chi connectivity index (χ3v) is 16.8. The summed E-state index contributed by atoms with van der Waals surface area (Å²) in [5.41, 5.74) is 16.5. The standard InChI is InChI=1S/C56H54N2/c1-55(2)51-29-45(22-23-46(51)49-31-54-50(30-52(49)55)47-10-6-7-11-53(47)58(54)42-8-4-3-5-9-42)57(43-18-14-39(15-19-43)48-28-35-12-13-40(48)27-35)44-20-16-41(17-21-44)56-32-36-24-37(33-56)26-38(25-36)34-56/h3-11,14-23,29-31,35-38,40,48H,12-13,24-28,32-34H2,1-2H3. The Morgan fingerprint density at radius 2 is 1.17 bits per heavy atom. The molecule has 0 radical (unpaired) electrons. The van der Waals surface area contributed by atoms with Crippen molar-refractivity contribution in [1.29, 1.82) is 0 Å². The number of fused-ring (bicyclic) bond motifs is 8. The molecule has 0 spiro atoms. The Labute approximate surface area is 343 Å². The van der Waals surface area contributed by atoms with Crippen molar-refractivity contribution in [3.63, 3.8) is 0 Å². The molecular formula is C56H54N2. The maximum absolute atomic E-state index is 2.56. The van der Waals surface area contributed by atoms with Gasteiger partial charge in [-0.15, -0.1) is 0 Å². The second-order valence-electron chi connectivity index (χ2n) is 20.4. The van der Waals surface area contributed by atoms with Crippen LogP contribution in [0.5, 0.6) is 0 Å². The van der Waals surface area contributed by atoms with E-state index in [1.807, 2.05) is 0 Å². The van der Waals surface area contributed by atoms with Gasteiger partial charge in [-0.3, -0.25) is 0 Å². The Morgan fingerprint density at radius 3 is 1.86 bits per heavy atom. The van der Waals surface area contributed by atoms with Gasteiger partial charge in [-0.1, -0.05) is 87.0 Å². The van der Waals surface area contributed by atoms with Crippen LogP contribution in [0.2, 0.25) is 0 Å². The van der Waals surface area contributed by atoms with Crippen LogP contribution in [0.1, 0.15) is 106 Å². The average molecular weight is 755 g/mol. The highest BCUT2D eigenvalue weighted by atomic mass is 15.1. The van der Waals surface area contributed by atoms with Crippen LogP contribution in [-0.4, -0.2) is 4.57 Å². The van der Waals surface area contributed by atoms with E-state index in [1.54, 1.807) is 11.1 Å². The maximum atomic E-state index is 2.56. The van der Waals surface area contributed by atoms with Crippen molar-refractivity contribution < 1.29 is 0 Å². The van der Waals surface area contributed by atoms with Gasteiger partial charge in [0, 0.05) is 38.9 Å². The van der Waals surface area contributed by atoms with E-state index in [0.29, 0.717) is 5.41 Å². The molecule has 6 fully saturated rings. The van der Waals surface area contributed by atoms with Gasteiger partial charge in [-0.2, -0.15) is 0 Å². The lowest BCUT2D eigenvalue weighted by atomic mass is 9.48. The Kier molecular flexibility index (Phi) is 7.14. The lowest BCUT2D eigenvalue weighted by molar-refractivity contribution is -0.00518. The van der Waals surface area contributed by atoms with Crippen LogP contribution in [0.3, 0.4) is 0 Å².